The van der Waals surface area contributed by atoms with Crippen LogP contribution >= 0.6 is 0 Å². The number of esters is 1. The quantitative estimate of drug-likeness (QED) is 0.422. The van der Waals surface area contributed by atoms with E-state index in [-0.39, 0.29) is 17.6 Å². The van der Waals surface area contributed by atoms with Crippen LogP contribution in [0.1, 0.15) is 101 Å². The Morgan fingerprint density at radius 2 is 1.71 bits per heavy atom. The van der Waals surface area contributed by atoms with Crippen LogP contribution in [0.3, 0.4) is 0 Å². The molecule has 3 aliphatic rings. The van der Waals surface area contributed by atoms with Gasteiger partial charge in [-0.25, -0.2) is 0 Å². The summed E-state index contributed by atoms with van der Waals surface area (Å²) in [4.78, 5) is 11.6. The Balaban J connectivity index is 1.82. The lowest BCUT2D eigenvalue weighted by atomic mass is 9.62. The molecule has 0 saturated carbocycles. The Morgan fingerprint density at radius 3 is 2.34 bits per heavy atom. The van der Waals surface area contributed by atoms with E-state index in [1.807, 2.05) is 6.92 Å². The summed E-state index contributed by atoms with van der Waals surface area (Å²) < 4.78 is 17.3. The second kappa shape index (κ2) is 9.75. The molecular weight excluding hydrogens is 448 g/mol. The minimum absolute atomic E-state index is 0.0616. The highest BCUT2D eigenvalue weighted by Gasteiger charge is 2.48. The second-order valence-corrected chi connectivity index (χ2v) is 11.1. The van der Waals surface area contributed by atoms with E-state index in [9.17, 15) is 20.1 Å². The second-order valence-electron chi connectivity index (χ2n) is 11.1. The van der Waals surface area contributed by atoms with Gasteiger partial charge in [0.2, 0.25) is 6.29 Å². The zero-order valence-electron chi connectivity index (χ0n) is 21.9. The minimum Gasteiger partial charge on any atom is -0.504 e. The van der Waals surface area contributed by atoms with Crippen LogP contribution in [0.2, 0.25) is 0 Å². The summed E-state index contributed by atoms with van der Waals surface area (Å²) in [6.45, 7) is 13.5. The fraction of sp³-hybridized carbons (Fsp3) is 0.679. The van der Waals surface area contributed by atoms with E-state index in [0.717, 1.165) is 30.4 Å². The van der Waals surface area contributed by atoms with E-state index >= 15 is 0 Å². The number of benzene rings is 1. The number of allylic oxidation sites excluding steroid dienone is 2. The van der Waals surface area contributed by atoms with Crippen molar-refractivity contribution in [2.45, 2.75) is 116 Å². The number of hydrogen-bond donors (Lipinski definition) is 3. The van der Waals surface area contributed by atoms with Gasteiger partial charge in [-0.2, -0.15) is 0 Å². The number of aliphatic hydroxyl groups excluding tert-OH is 2. The minimum atomic E-state index is -1.42. The van der Waals surface area contributed by atoms with Crippen molar-refractivity contribution in [2.75, 3.05) is 0 Å². The summed E-state index contributed by atoms with van der Waals surface area (Å²) in [6, 6.07) is 0. The standard InChI is InChI=1S/C28H40O7/c1-12(2)10-18-11-14(4)19-9-8-13(3)20-22(19)21(18)15(5)23(30)26(20)35-28-25(32)27(34-17(7)29)24(31)16(6)33-28/h10,13-14,16,18-19,24-25,27-28,30-32H,8-9,11H2,1-7H3/t13-,14-,16-,18+,19+,24+,25-,27+,28-/m0/s1. The van der Waals surface area contributed by atoms with Crippen molar-refractivity contribution < 1.29 is 34.3 Å². The van der Waals surface area contributed by atoms with Gasteiger partial charge in [-0.15, -0.1) is 0 Å². The van der Waals surface area contributed by atoms with Crippen LogP contribution < -0.4 is 4.74 Å². The first-order valence-electron chi connectivity index (χ1n) is 12.8. The molecular formula is C28H40O7. The van der Waals surface area contributed by atoms with E-state index < -0.39 is 36.7 Å². The van der Waals surface area contributed by atoms with E-state index in [2.05, 4.69) is 33.8 Å². The maximum atomic E-state index is 11.6. The average Bonchev–Trinajstić information content (AvgIpc) is 2.76. The van der Waals surface area contributed by atoms with Gasteiger partial charge in [0.05, 0.1) is 6.10 Å². The van der Waals surface area contributed by atoms with Gasteiger partial charge in [-0.1, -0.05) is 25.5 Å². The normalized spacial score (nSPS) is 36.2. The topological polar surface area (TPSA) is 105 Å². The molecule has 35 heavy (non-hydrogen) atoms. The third-order valence-electron chi connectivity index (χ3n) is 8.11. The third-order valence-corrected chi connectivity index (χ3v) is 8.11. The molecule has 0 unspecified atom stereocenters. The summed E-state index contributed by atoms with van der Waals surface area (Å²) in [5, 5.41) is 32.8. The fourth-order valence-electron chi connectivity index (χ4n) is 6.45. The molecule has 1 aromatic carbocycles. The van der Waals surface area contributed by atoms with Gasteiger partial charge >= 0.3 is 5.97 Å². The fourth-order valence-corrected chi connectivity index (χ4v) is 6.45. The molecule has 0 amide bonds. The summed E-state index contributed by atoms with van der Waals surface area (Å²) in [7, 11) is 0. The molecule has 0 radical (unpaired) electrons. The zero-order valence-corrected chi connectivity index (χ0v) is 21.9. The van der Waals surface area contributed by atoms with Gasteiger partial charge in [-0.3, -0.25) is 4.79 Å². The number of ether oxygens (including phenoxy) is 3. The molecule has 9 atom stereocenters. The molecule has 1 heterocycles. The first-order chi connectivity index (χ1) is 16.4. The maximum Gasteiger partial charge on any atom is 0.303 e. The molecule has 1 aliphatic heterocycles. The molecule has 2 aliphatic carbocycles. The van der Waals surface area contributed by atoms with Gasteiger partial charge in [0.15, 0.2) is 23.7 Å². The summed E-state index contributed by atoms with van der Waals surface area (Å²) in [6.07, 6.45) is -0.334. The Hall–Kier alpha value is -2.09. The van der Waals surface area contributed by atoms with Gasteiger partial charge in [-0.05, 0) is 81.4 Å². The highest BCUT2D eigenvalue weighted by Crippen LogP contribution is 2.58. The van der Waals surface area contributed by atoms with Crippen LogP contribution in [0.4, 0.5) is 0 Å². The van der Waals surface area contributed by atoms with Crippen LogP contribution in [0.25, 0.3) is 0 Å². The number of aromatic hydroxyl groups is 1. The molecule has 3 N–H and O–H groups in total. The van der Waals surface area contributed by atoms with Crippen molar-refractivity contribution in [2.24, 2.45) is 5.92 Å². The average molecular weight is 489 g/mol. The number of aliphatic hydroxyl groups is 2. The number of carbonyl (C=O) groups excluding carboxylic acids is 1. The van der Waals surface area contributed by atoms with Crippen molar-refractivity contribution >= 4 is 5.97 Å². The number of hydrogen-bond acceptors (Lipinski definition) is 7. The largest absolute Gasteiger partial charge is 0.504 e. The molecule has 0 aromatic heterocycles. The number of phenolic OH excluding ortho intramolecular Hbond substituents is 1. The van der Waals surface area contributed by atoms with E-state index in [1.165, 1.54) is 23.6 Å². The maximum absolute atomic E-state index is 11.6. The number of phenols is 1. The van der Waals surface area contributed by atoms with Crippen molar-refractivity contribution in [1.82, 2.24) is 0 Å². The lowest BCUT2D eigenvalue weighted by Crippen LogP contribution is -2.59. The predicted molar refractivity (Wildman–Crippen MR) is 132 cm³/mol. The van der Waals surface area contributed by atoms with Gasteiger partial charge < -0.3 is 29.5 Å². The monoisotopic (exact) mass is 488 g/mol. The first-order valence-corrected chi connectivity index (χ1v) is 12.8. The molecule has 1 saturated heterocycles. The molecule has 4 rings (SSSR count). The molecule has 7 heteroatoms. The van der Waals surface area contributed by atoms with Gasteiger partial charge in [0, 0.05) is 18.4 Å². The van der Waals surface area contributed by atoms with Gasteiger partial charge in [0.1, 0.15) is 6.10 Å². The Bertz CT molecular complexity index is 1010. The Morgan fingerprint density at radius 1 is 1.03 bits per heavy atom. The van der Waals surface area contributed by atoms with Crippen molar-refractivity contribution in [3.63, 3.8) is 0 Å². The molecule has 0 spiro atoms. The molecule has 194 valence electrons. The predicted octanol–water partition coefficient (Wildman–Crippen LogP) is 4.55. The Kier molecular flexibility index (Phi) is 7.24. The third kappa shape index (κ3) is 4.58. The molecule has 1 aromatic rings. The molecule has 0 bridgehead atoms. The first kappa shape index (κ1) is 26.0. The zero-order chi connectivity index (χ0) is 25.8. The number of carbonyl (C=O) groups is 1. The SMILES string of the molecule is CC(=O)O[C@H]1[C@H](O)[C@H](Oc2c(O)c(C)c3c4c2[C@@H](C)CC[C@@H]4[C@@H](C)C[C@H]3C=C(C)C)O[C@@H](C)[C@H]1O. The van der Waals surface area contributed by atoms with Crippen LogP contribution in [-0.2, 0) is 14.3 Å². The van der Waals surface area contributed by atoms with E-state index in [4.69, 9.17) is 14.2 Å². The van der Waals surface area contributed by atoms with Crippen LogP contribution in [-0.4, -0.2) is 52.0 Å². The molecule has 7 nitrogen and oxygen atoms in total. The smallest absolute Gasteiger partial charge is 0.303 e. The van der Waals surface area contributed by atoms with Crippen molar-refractivity contribution in [3.8, 4) is 11.5 Å². The highest BCUT2D eigenvalue weighted by atomic mass is 16.7. The summed E-state index contributed by atoms with van der Waals surface area (Å²) in [5.41, 5.74) is 5.50. The molecule has 1 fully saturated rings. The van der Waals surface area contributed by atoms with Crippen LogP contribution in [0.5, 0.6) is 11.5 Å². The number of rotatable bonds is 4. The lowest BCUT2D eigenvalue weighted by Gasteiger charge is -2.45. The lowest BCUT2D eigenvalue weighted by molar-refractivity contribution is -0.272. The Labute approximate surface area is 208 Å². The van der Waals surface area contributed by atoms with Crippen molar-refractivity contribution in [1.29, 1.82) is 0 Å². The van der Waals surface area contributed by atoms with E-state index in [1.54, 1.807) is 6.92 Å². The van der Waals surface area contributed by atoms with Crippen molar-refractivity contribution in [3.05, 3.63) is 33.9 Å². The van der Waals surface area contributed by atoms with Crippen LogP contribution in [0, 0.1) is 12.8 Å². The van der Waals surface area contributed by atoms with E-state index in [0.29, 0.717) is 17.6 Å². The highest BCUT2D eigenvalue weighted by molar-refractivity contribution is 5.66. The summed E-state index contributed by atoms with van der Waals surface area (Å²) >= 11 is 0. The van der Waals surface area contributed by atoms with Gasteiger partial charge in [0.25, 0.3) is 0 Å². The summed E-state index contributed by atoms with van der Waals surface area (Å²) in [5.74, 6) is 1.04. The van der Waals surface area contributed by atoms with Crippen LogP contribution in [0.15, 0.2) is 11.6 Å².